The molecule has 0 saturated carbocycles. The van der Waals surface area contributed by atoms with E-state index in [4.69, 9.17) is 0 Å². The average Bonchev–Trinajstić information content (AvgIpc) is 2.70. The zero-order chi connectivity index (χ0) is 7.11. The highest BCUT2D eigenvalue weighted by Gasteiger charge is 1.94. The molecule has 0 aliphatic carbocycles. The number of carbonyl (C=O) groups is 1. The Morgan fingerprint density at radius 3 is 2.22 bits per heavy atom. The highest BCUT2D eigenvalue weighted by Crippen LogP contribution is 1.84. The Bertz CT molecular complexity index is 98.4. The summed E-state index contributed by atoms with van der Waals surface area (Å²) < 4.78 is 4.50. The topological polar surface area (TPSA) is 67.7 Å². The van der Waals surface area contributed by atoms with Crippen molar-refractivity contribution < 1.29 is 9.53 Å². The number of rotatable bonds is 1. The van der Waals surface area contributed by atoms with E-state index < -0.39 is 0 Å². The molecule has 3 N–H and O–H groups in total. The molecule has 1 amide bonds. The van der Waals surface area contributed by atoms with Crippen molar-refractivity contribution in [3.05, 3.63) is 12.7 Å². The van der Waals surface area contributed by atoms with Gasteiger partial charge in [0.15, 0.2) is 0 Å². The maximum atomic E-state index is 9.83. The smallest absolute Gasteiger partial charge is 0.257 e. The molecule has 1 rings (SSSR count). The zero-order valence-corrected chi connectivity index (χ0v) is 5.09. The Hall–Kier alpha value is -0.870. The number of epoxide rings is 1. The van der Waals surface area contributed by atoms with Gasteiger partial charge in [0.2, 0.25) is 0 Å². The third-order valence-electron chi connectivity index (χ3n) is 0.532. The van der Waals surface area contributed by atoms with E-state index in [1.807, 2.05) is 5.43 Å². The highest BCUT2D eigenvalue weighted by molar-refractivity contribution is 5.86. The number of hydrogen-bond donors (Lipinski definition) is 2. The van der Waals surface area contributed by atoms with Gasteiger partial charge in [-0.2, -0.15) is 0 Å². The molecule has 0 unspecified atom stereocenters. The first-order chi connectivity index (χ1) is 4.31. The molecule has 0 spiro atoms. The Kier molecular flexibility index (Phi) is 4.76. The van der Waals surface area contributed by atoms with Crippen molar-refractivity contribution in [2.24, 2.45) is 5.84 Å². The van der Waals surface area contributed by atoms with Crippen LogP contribution in [0.4, 0.5) is 0 Å². The van der Waals surface area contributed by atoms with Crippen LogP contribution in [0.2, 0.25) is 0 Å². The standard InChI is InChI=1S/C3H6N2O.C2H4O/c1-2-3(6)5-4;1-2-3-1/h2H,1,4H2,(H,5,6);1-2H2. The third kappa shape index (κ3) is 11.0. The average molecular weight is 130 g/mol. The molecule has 1 aliphatic rings. The summed E-state index contributed by atoms with van der Waals surface area (Å²) in [4.78, 5) is 9.83. The van der Waals surface area contributed by atoms with Crippen LogP contribution < -0.4 is 11.3 Å². The summed E-state index contributed by atoms with van der Waals surface area (Å²) in [5, 5.41) is 0. The number of hydrazine groups is 1. The van der Waals surface area contributed by atoms with Crippen LogP contribution in [0.25, 0.3) is 0 Å². The first-order valence-electron chi connectivity index (χ1n) is 2.52. The predicted molar refractivity (Wildman–Crippen MR) is 33.3 cm³/mol. The number of nitrogens with one attached hydrogen (secondary N) is 1. The zero-order valence-electron chi connectivity index (χ0n) is 5.09. The molecule has 4 heteroatoms. The molecule has 0 atom stereocenters. The van der Waals surface area contributed by atoms with Crippen LogP contribution in [0.1, 0.15) is 0 Å². The van der Waals surface area contributed by atoms with Crippen LogP contribution in [0.3, 0.4) is 0 Å². The highest BCUT2D eigenvalue weighted by atomic mass is 16.6. The van der Waals surface area contributed by atoms with Gasteiger partial charge in [0.25, 0.3) is 5.91 Å². The molecule has 0 aromatic heterocycles. The van der Waals surface area contributed by atoms with Crippen LogP contribution in [0.15, 0.2) is 12.7 Å². The lowest BCUT2D eigenvalue weighted by molar-refractivity contribution is -0.116. The molecule has 9 heavy (non-hydrogen) atoms. The fraction of sp³-hybridized carbons (Fsp3) is 0.400. The van der Waals surface area contributed by atoms with Crippen molar-refractivity contribution in [3.8, 4) is 0 Å². The van der Waals surface area contributed by atoms with Crippen LogP contribution in [0.5, 0.6) is 0 Å². The van der Waals surface area contributed by atoms with E-state index >= 15 is 0 Å². The van der Waals surface area contributed by atoms with E-state index in [-0.39, 0.29) is 5.91 Å². The minimum absolute atomic E-state index is 0.366. The minimum atomic E-state index is -0.366. The lowest BCUT2D eigenvalue weighted by Gasteiger charge is -1.82. The van der Waals surface area contributed by atoms with Gasteiger partial charge in [0.05, 0.1) is 13.2 Å². The molecule has 1 fully saturated rings. The molecule has 4 nitrogen and oxygen atoms in total. The van der Waals surface area contributed by atoms with E-state index in [1.165, 1.54) is 0 Å². The van der Waals surface area contributed by atoms with Gasteiger partial charge in [-0.15, -0.1) is 0 Å². The van der Waals surface area contributed by atoms with Gasteiger partial charge >= 0.3 is 0 Å². The van der Waals surface area contributed by atoms with Crippen molar-refractivity contribution in [2.75, 3.05) is 13.2 Å². The van der Waals surface area contributed by atoms with Gasteiger partial charge in [-0.25, -0.2) is 5.84 Å². The van der Waals surface area contributed by atoms with Crippen LogP contribution in [0, 0.1) is 0 Å². The summed E-state index contributed by atoms with van der Waals surface area (Å²) in [6.07, 6.45) is 1.10. The maximum absolute atomic E-state index is 9.83. The molecule has 1 heterocycles. The van der Waals surface area contributed by atoms with Crippen LogP contribution in [-0.4, -0.2) is 19.1 Å². The normalized spacial score (nSPS) is 12.6. The minimum Gasteiger partial charge on any atom is -0.377 e. The van der Waals surface area contributed by atoms with Crippen molar-refractivity contribution in [2.45, 2.75) is 0 Å². The van der Waals surface area contributed by atoms with E-state index in [0.717, 1.165) is 19.3 Å². The SMILES string of the molecule is C1CO1.C=CC(=O)NN. The van der Waals surface area contributed by atoms with E-state index in [2.05, 4.69) is 17.2 Å². The molecule has 1 aliphatic heterocycles. The maximum Gasteiger partial charge on any atom is 0.257 e. The van der Waals surface area contributed by atoms with Gasteiger partial charge in [0.1, 0.15) is 0 Å². The second-order valence-electron chi connectivity index (χ2n) is 1.33. The van der Waals surface area contributed by atoms with Crippen LogP contribution in [-0.2, 0) is 9.53 Å². The number of hydrogen-bond acceptors (Lipinski definition) is 3. The molecule has 0 aromatic carbocycles. The fourth-order valence-electron chi connectivity index (χ4n) is 0.0589. The summed E-state index contributed by atoms with van der Waals surface area (Å²) in [5.41, 5.74) is 1.86. The number of ether oxygens (including phenoxy) is 1. The Morgan fingerprint density at radius 1 is 1.78 bits per heavy atom. The van der Waals surface area contributed by atoms with Crippen LogP contribution >= 0.6 is 0 Å². The van der Waals surface area contributed by atoms with Crippen molar-refractivity contribution in [3.63, 3.8) is 0 Å². The fourth-order valence-corrected chi connectivity index (χ4v) is 0.0589. The number of nitrogens with two attached hydrogens (primary N) is 1. The number of amides is 1. The molecule has 0 aromatic rings. The summed E-state index contributed by atoms with van der Waals surface area (Å²) in [6.45, 7) is 5.14. The summed E-state index contributed by atoms with van der Waals surface area (Å²) >= 11 is 0. The monoisotopic (exact) mass is 130 g/mol. The number of carbonyl (C=O) groups excluding carboxylic acids is 1. The lowest BCUT2D eigenvalue weighted by Crippen LogP contribution is -2.27. The molecular formula is C5H10N2O2. The predicted octanol–water partition coefficient (Wildman–Crippen LogP) is -0.821. The lowest BCUT2D eigenvalue weighted by atomic mass is 10.6. The van der Waals surface area contributed by atoms with E-state index in [1.54, 1.807) is 0 Å². The third-order valence-corrected chi connectivity index (χ3v) is 0.532. The second-order valence-corrected chi connectivity index (χ2v) is 1.33. The second kappa shape index (κ2) is 5.27. The van der Waals surface area contributed by atoms with E-state index in [9.17, 15) is 4.79 Å². The van der Waals surface area contributed by atoms with Crippen molar-refractivity contribution in [1.82, 2.24) is 5.43 Å². The van der Waals surface area contributed by atoms with E-state index in [0.29, 0.717) is 0 Å². The van der Waals surface area contributed by atoms with Crippen molar-refractivity contribution >= 4 is 5.91 Å². The molecule has 0 bridgehead atoms. The summed E-state index contributed by atoms with van der Waals surface area (Å²) in [5.74, 6) is 4.25. The van der Waals surface area contributed by atoms with Gasteiger partial charge in [-0.05, 0) is 6.08 Å². The summed E-state index contributed by atoms with van der Waals surface area (Å²) in [7, 11) is 0. The molecule has 1 saturated heterocycles. The molecule has 52 valence electrons. The quantitative estimate of drug-likeness (QED) is 0.160. The first-order valence-corrected chi connectivity index (χ1v) is 2.52. The Morgan fingerprint density at radius 2 is 2.22 bits per heavy atom. The summed E-state index contributed by atoms with van der Waals surface area (Å²) in [6, 6.07) is 0. The van der Waals surface area contributed by atoms with Gasteiger partial charge in [0, 0.05) is 0 Å². The Balaban J connectivity index is 0.000000173. The van der Waals surface area contributed by atoms with Gasteiger partial charge in [-0.1, -0.05) is 6.58 Å². The van der Waals surface area contributed by atoms with Crippen molar-refractivity contribution in [1.29, 1.82) is 0 Å². The largest absolute Gasteiger partial charge is 0.377 e. The first kappa shape index (κ1) is 8.13. The molecule has 0 radical (unpaired) electrons. The van der Waals surface area contributed by atoms with Gasteiger partial charge < -0.3 is 4.74 Å². The Labute approximate surface area is 53.6 Å². The van der Waals surface area contributed by atoms with Gasteiger partial charge in [-0.3, -0.25) is 10.2 Å². The molecular weight excluding hydrogens is 120 g/mol.